The number of aromatic hydroxyl groups is 1. The summed E-state index contributed by atoms with van der Waals surface area (Å²) >= 11 is 0. The lowest BCUT2D eigenvalue weighted by molar-refractivity contribution is 0.0918. The van der Waals surface area contributed by atoms with Gasteiger partial charge in [0, 0.05) is 37.8 Å². The van der Waals surface area contributed by atoms with E-state index < -0.39 is 0 Å². The van der Waals surface area contributed by atoms with Crippen molar-refractivity contribution in [3.8, 4) is 5.75 Å². The lowest BCUT2D eigenvalue weighted by atomic mass is 9.91. The van der Waals surface area contributed by atoms with E-state index >= 15 is 0 Å². The van der Waals surface area contributed by atoms with Crippen LogP contribution in [-0.2, 0) is 0 Å². The van der Waals surface area contributed by atoms with Crippen LogP contribution in [0.4, 0.5) is 11.8 Å². The number of pyridine rings is 1. The third kappa shape index (κ3) is 4.27. The molecule has 0 bridgehead atoms. The lowest BCUT2D eigenvalue weighted by Crippen LogP contribution is -2.40. The molecule has 2 aromatic heterocycles. The largest absolute Gasteiger partial charge is 0.505 e. The van der Waals surface area contributed by atoms with Crippen LogP contribution in [0.5, 0.6) is 5.75 Å². The molecule has 1 aromatic carbocycles. The smallest absolute Gasteiger partial charge is 0.273 e. The average molecular weight is 406 g/mol. The summed E-state index contributed by atoms with van der Waals surface area (Å²) < 4.78 is 0. The standard InChI is InChI=1S/C22H26N6O2/c1-28(2)20-16-6-3-4-7-17(16)26-22(27-20)25-15-11-9-14(10-12-15)24-21(30)19-18(29)8-5-13-23-19/h3-8,13-15,29H,9-12H2,1-2H3,(H,24,30)(H,25,26,27)/t14-,15+. The van der Waals surface area contributed by atoms with Crippen molar-refractivity contribution in [2.45, 2.75) is 37.8 Å². The van der Waals surface area contributed by atoms with E-state index in [0.717, 1.165) is 42.4 Å². The van der Waals surface area contributed by atoms with Crippen LogP contribution in [0.3, 0.4) is 0 Å². The van der Waals surface area contributed by atoms with E-state index in [4.69, 9.17) is 4.98 Å². The Morgan fingerprint density at radius 2 is 1.77 bits per heavy atom. The number of para-hydroxylation sites is 1. The number of nitrogens with one attached hydrogen (secondary N) is 2. The van der Waals surface area contributed by atoms with Crippen LogP contribution in [0.2, 0.25) is 0 Å². The molecule has 2 heterocycles. The Bertz CT molecular complexity index is 1050. The summed E-state index contributed by atoms with van der Waals surface area (Å²) in [6.45, 7) is 0. The van der Waals surface area contributed by atoms with Crippen LogP contribution in [0.25, 0.3) is 10.9 Å². The van der Waals surface area contributed by atoms with Crippen molar-refractivity contribution in [1.82, 2.24) is 20.3 Å². The summed E-state index contributed by atoms with van der Waals surface area (Å²) in [6.07, 6.45) is 4.97. The molecule has 3 N–H and O–H groups in total. The van der Waals surface area contributed by atoms with Gasteiger partial charge in [0.15, 0.2) is 5.69 Å². The van der Waals surface area contributed by atoms with Crippen molar-refractivity contribution < 1.29 is 9.90 Å². The zero-order valence-corrected chi connectivity index (χ0v) is 17.2. The predicted octanol–water partition coefficient (Wildman–Crippen LogP) is 2.95. The number of carbonyl (C=O) groups excluding carboxylic acids is 1. The first-order valence-electron chi connectivity index (χ1n) is 10.2. The van der Waals surface area contributed by atoms with Crippen molar-refractivity contribution in [1.29, 1.82) is 0 Å². The summed E-state index contributed by atoms with van der Waals surface area (Å²) in [5.74, 6) is 1.08. The molecule has 8 heteroatoms. The minimum atomic E-state index is -0.335. The van der Waals surface area contributed by atoms with Gasteiger partial charge in [-0.2, -0.15) is 4.98 Å². The van der Waals surface area contributed by atoms with Gasteiger partial charge in [0.2, 0.25) is 5.95 Å². The van der Waals surface area contributed by atoms with Gasteiger partial charge in [-0.3, -0.25) is 4.79 Å². The van der Waals surface area contributed by atoms with Gasteiger partial charge in [-0.25, -0.2) is 9.97 Å². The van der Waals surface area contributed by atoms with Crippen molar-refractivity contribution in [3.63, 3.8) is 0 Å². The second-order valence-corrected chi connectivity index (χ2v) is 7.82. The molecule has 0 saturated heterocycles. The third-order valence-electron chi connectivity index (χ3n) is 5.40. The van der Waals surface area contributed by atoms with Crippen molar-refractivity contribution in [2.24, 2.45) is 0 Å². The minimum absolute atomic E-state index is 0.0619. The topological polar surface area (TPSA) is 103 Å². The van der Waals surface area contributed by atoms with Gasteiger partial charge in [-0.1, -0.05) is 12.1 Å². The highest BCUT2D eigenvalue weighted by Gasteiger charge is 2.25. The molecule has 0 spiro atoms. The quantitative estimate of drug-likeness (QED) is 0.598. The van der Waals surface area contributed by atoms with E-state index in [1.165, 1.54) is 12.3 Å². The summed E-state index contributed by atoms with van der Waals surface area (Å²) in [7, 11) is 3.96. The van der Waals surface area contributed by atoms with Crippen molar-refractivity contribution in [2.75, 3.05) is 24.3 Å². The minimum Gasteiger partial charge on any atom is -0.505 e. The van der Waals surface area contributed by atoms with Crippen LogP contribution >= 0.6 is 0 Å². The fourth-order valence-electron chi connectivity index (χ4n) is 3.86. The molecule has 1 saturated carbocycles. The molecule has 0 radical (unpaired) electrons. The number of benzene rings is 1. The first-order valence-corrected chi connectivity index (χ1v) is 10.2. The number of fused-ring (bicyclic) bond motifs is 1. The summed E-state index contributed by atoms with van der Waals surface area (Å²) in [4.78, 5) is 27.7. The highest BCUT2D eigenvalue weighted by atomic mass is 16.3. The maximum Gasteiger partial charge on any atom is 0.273 e. The van der Waals surface area contributed by atoms with E-state index in [1.807, 2.05) is 43.3 Å². The second-order valence-electron chi connectivity index (χ2n) is 7.82. The molecule has 4 rings (SSSR count). The fraction of sp³-hybridized carbons (Fsp3) is 0.364. The number of carbonyl (C=O) groups is 1. The Hall–Kier alpha value is -3.42. The number of rotatable bonds is 5. The molecular weight excluding hydrogens is 380 g/mol. The van der Waals surface area contributed by atoms with Gasteiger partial charge in [0.1, 0.15) is 11.6 Å². The van der Waals surface area contributed by atoms with Crippen LogP contribution in [-0.4, -0.2) is 52.1 Å². The van der Waals surface area contributed by atoms with E-state index in [-0.39, 0.29) is 29.4 Å². The Morgan fingerprint density at radius 3 is 2.50 bits per heavy atom. The average Bonchev–Trinajstić information content (AvgIpc) is 2.74. The molecular formula is C22H26N6O2. The maximum atomic E-state index is 12.4. The highest BCUT2D eigenvalue weighted by molar-refractivity contribution is 5.95. The molecule has 3 aromatic rings. The third-order valence-corrected chi connectivity index (χ3v) is 5.40. The number of hydrogen-bond acceptors (Lipinski definition) is 7. The monoisotopic (exact) mass is 406 g/mol. The normalized spacial score (nSPS) is 18.7. The van der Waals surface area contributed by atoms with Crippen LogP contribution in [0, 0.1) is 0 Å². The van der Waals surface area contributed by atoms with E-state index in [0.29, 0.717) is 5.95 Å². The van der Waals surface area contributed by atoms with Crippen molar-refractivity contribution >= 4 is 28.6 Å². The van der Waals surface area contributed by atoms with E-state index in [2.05, 4.69) is 20.6 Å². The van der Waals surface area contributed by atoms with Crippen LogP contribution in [0.15, 0.2) is 42.6 Å². The molecule has 0 aliphatic heterocycles. The van der Waals surface area contributed by atoms with Gasteiger partial charge < -0.3 is 20.6 Å². The zero-order chi connectivity index (χ0) is 21.1. The molecule has 0 unspecified atom stereocenters. The van der Waals surface area contributed by atoms with E-state index in [1.54, 1.807) is 6.07 Å². The van der Waals surface area contributed by atoms with Crippen LogP contribution < -0.4 is 15.5 Å². The van der Waals surface area contributed by atoms with Gasteiger partial charge in [0.25, 0.3) is 5.91 Å². The summed E-state index contributed by atoms with van der Waals surface area (Å²) in [5, 5.41) is 17.3. The van der Waals surface area contributed by atoms with Gasteiger partial charge >= 0.3 is 0 Å². The molecule has 0 atom stereocenters. The molecule has 1 aliphatic carbocycles. The Morgan fingerprint density at radius 1 is 1.03 bits per heavy atom. The first kappa shape index (κ1) is 19.9. The number of anilines is 2. The summed E-state index contributed by atoms with van der Waals surface area (Å²) in [6, 6.07) is 11.4. The summed E-state index contributed by atoms with van der Waals surface area (Å²) in [5.41, 5.74) is 0.980. The maximum absolute atomic E-state index is 12.4. The molecule has 1 amide bonds. The van der Waals surface area contributed by atoms with E-state index in [9.17, 15) is 9.90 Å². The van der Waals surface area contributed by atoms with Gasteiger partial charge in [-0.05, 0) is 49.9 Å². The second kappa shape index (κ2) is 8.52. The van der Waals surface area contributed by atoms with Gasteiger partial charge in [-0.15, -0.1) is 0 Å². The zero-order valence-electron chi connectivity index (χ0n) is 17.2. The molecule has 156 valence electrons. The number of aromatic nitrogens is 3. The molecule has 1 aliphatic rings. The molecule has 30 heavy (non-hydrogen) atoms. The lowest BCUT2D eigenvalue weighted by Gasteiger charge is -2.30. The predicted molar refractivity (Wildman–Crippen MR) is 117 cm³/mol. The first-order chi connectivity index (χ1) is 14.5. The van der Waals surface area contributed by atoms with Gasteiger partial charge in [0.05, 0.1) is 5.52 Å². The highest BCUT2D eigenvalue weighted by Crippen LogP contribution is 2.26. The molecule has 8 nitrogen and oxygen atoms in total. The number of hydrogen-bond donors (Lipinski definition) is 3. The fourth-order valence-corrected chi connectivity index (χ4v) is 3.86. The number of amides is 1. The Kier molecular flexibility index (Phi) is 5.65. The SMILES string of the molecule is CN(C)c1nc(N[C@H]2CC[C@@H](NC(=O)c3ncccc3O)CC2)nc2ccccc12. The Labute approximate surface area is 175 Å². The van der Waals surface area contributed by atoms with Crippen LogP contribution in [0.1, 0.15) is 36.2 Å². The number of nitrogens with zero attached hydrogens (tertiary/aromatic N) is 4. The molecule has 1 fully saturated rings. The Balaban J connectivity index is 1.38. The van der Waals surface area contributed by atoms with Crippen molar-refractivity contribution in [3.05, 3.63) is 48.3 Å².